The van der Waals surface area contributed by atoms with Gasteiger partial charge in [-0.25, -0.2) is 0 Å². The molecule has 0 aromatic rings. The van der Waals surface area contributed by atoms with Crippen molar-refractivity contribution in [2.45, 2.75) is 13.0 Å². The topological polar surface area (TPSA) is 87.3 Å². The van der Waals surface area contributed by atoms with Gasteiger partial charge in [0.2, 0.25) is 5.91 Å². The molecule has 3 amide bonds. The summed E-state index contributed by atoms with van der Waals surface area (Å²) >= 11 is 0. The maximum Gasteiger partial charge on any atom is 0.252 e. The molecule has 0 saturated carbocycles. The van der Waals surface area contributed by atoms with Gasteiger partial charge in [-0.1, -0.05) is 0 Å². The van der Waals surface area contributed by atoms with E-state index in [2.05, 4.69) is 16.0 Å². The molecule has 1 rings (SSSR count). The standard InChI is InChI=1S/C7H11N3O3/c1-2-8-6(12)5-7(13)9-3-4(11)10-5/h5H,2-3H2,1H3,(H,8,12)(H,9,13)(H,10,11). The third-order valence-electron chi connectivity index (χ3n) is 1.60. The monoisotopic (exact) mass is 185 g/mol. The minimum atomic E-state index is -1.08. The van der Waals surface area contributed by atoms with Crippen LogP contribution in [0.2, 0.25) is 0 Å². The molecule has 0 bridgehead atoms. The third kappa shape index (κ3) is 2.17. The highest BCUT2D eigenvalue weighted by atomic mass is 16.2. The maximum atomic E-state index is 11.2. The summed E-state index contributed by atoms with van der Waals surface area (Å²) < 4.78 is 0. The van der Waals surface area contributed by atoms with E-state index < -0.39 is 17.9 Å². The molecule has 0 radical (unpaired) electrons. The Labute approximate surface area is 75.1 Å². The summed E-state index contributed by atoms with van der Waals surface area (Å²) in [4.78, 5) is 33.1. The lowest BCUT2D eigenvalue weighted by atomic mass is 10.2. The number of carbonyl (C=O) groups is 3. The van der Waals surface area contributed by atoms with Crippen LogP contribution in [-0.2, 0) is 14.4 Å². The van der Waals surface area contributed by atoms with Crippen molar-refractivity contribution in [3.8, 4) is 0 Å². The Morgan fingerprint density at radius 2 is 2.31 bits per heavy atom. The van der Waals surface area contributed by atoms with Crippen LogP contribution in [0.3, 0.4) is 0 Å². The van der Waals surface area contributed by atoms with Crippen molar-refractivity contribution in [3.63, 3.8) is 0 Å². The number of rotatable bonds is 2. The van der Waals surface area contributed by atoms with E-state index in [1.165, 1.54) is 0 Å². The molecule has 1 aliphatic rings. The fraction of sp³-hybridized carbons (Fsp3) is 0.571. The van der Waals surface area contributed by atoms with Gasteiger partial charge in [0, 0.05) is 6.54 Å². The Morgan fingerprint density at radius 1 is 1.62 bits per heavy atom. The second-order valence-electron chi connectivity index (χ2n) is 2.61. The lowest BCUT2D eigenvalue weighted by Gasteiger charge is -2.21. The highest BCUT2D eigenvalue weighted by Gasteiger charge is 2.31. The lowest BCUT2D eigenvalue weighted by molar-refractivity contribution is -0.139. The fourth-order valence-corrected chi connectivity index (χ4v) is 1.01. The van der Waals surface area contributed by atoms with Crippen molar-refractivity contribution < 1.29 is 14.4 Å². The van der Waals surface area contributed by atoms with Crippen LogP contribution in [0.15, 0.2) is 0 Å². The molecule has 1 atom stereocenters. The van der Waals surface area contributed by atoms with Crippen molar-refractivity contribution in [1.82, 2.24) is 16.0 Å². The van der Waals surface area contributed by atoms with Gasteiger partial charge < -0.3 is 16.0 Å². The van der Waals surface area contributed by atoms with Crippen molar-refractivity contribution >= 4 is 17.7 Å². The first-order chi connectivity index (χ1) is 6.15. The third-order valence-corrected chi connectivity index (χ3v) is 1.60. The minimum Gasteiger partial charge on any atom is -0.354 e. The molecule has 3 N–H and O–H groups in total. The van der Waals surface area contributed by atoms with Gasteiger partial charge in [-0.05, 0) is 6.92 Å². The lowest BCUT2D eigenvalue weighted by Crippen LogP contribution is -2.61. The molecule has 6 nitrogen and oxygen atoms in total. The second-order valence-corrected chi connectivity index (χ2v) is 2.61. The van der Waals surface area contributed by atoms with Gasteiger partial charge in [0.1, 0.15) is 0 Å². The Hall–Kier alpha value is -1.59. The predicted octanol–water partition coefficient (Wildman–Crippen LogP) is -2.26. The Kier molecular flexibility index (Phi) is 2.84. The maximum absolute atomic E-state index is 11.2. The van der Waals surface area contributed by atoms with E-state index in [0.29, 0.717) is 6.54 Å². The number of likely N-dealkylation sites (N-methyl/N-ethyl adjacent to an activating group) is 1. The van der Waals surface area contributed by atoms with E-state index in [4.69, 9.17) is 0 Å². The van der Waals surface area contributed by atoms with Crippen LogP contribution >= 0.6 is 0 Å². The average Bonchev–Trinajstić information content (AvgIpc) is 2.09. The Morgan fingerprint density at radius 3 is 2.92 bits per heavy atom. The number of amides is 3. The summed E-state index contributed by atoms with van der Waals surface area (Å²) in [6, 6.07) is -1.08. The van der Waals surface area contributed by atoms with Gasteiger partial charge >= 0.3 is 0 Å². The zero-order chi connectivity index (χ0) is 9.84. The first-order valence-corrected chi connectivity index (χ1v) is 4.00. The van der Waals surface area contributed by atoms with E-state index in [1.54, 1.807) is 6.92 Å². The highest BCUT2D eigenvalue weighted by molar-refractivity contribution is 6.09. The first kappa shape index (κ1) is 9.50. The van der Waals surface area contributed by atoms with Gasteiger partial charge in [-0.15, -0.1) is 0 Å². The first-order valence-electron chi connectivity index (χ1n) is 4.00. The van der Waals surface area contributed by atoms with Crippen LogP contribution in [-0.4, -0.2) is 36.9 Å². The minimum absolute atomic E-state index is 0.0608. The van der Waals surface area contributed by atoms with Crippen molar-refractivity contribution in [3.05, 3.63) is 0 Å². The molecule has 1 fully saturated rings. The fourth-order valence-electron chi connectivity index (χ4n) is 1.01. The van der Waals surface area contributed by atoms with E-state index in [-0.39, 0.29) is 12.5 Å². The predicted molar refractivity (Wildman–Crippen MR) is 43.6 cm³/mol. The van der Waals surface area contributed by atoms with Gasteiger partial charge in [-0.3, -0.25) is 14.4 Å². The van der Waals surface area contributed by atoms with E-state index >= 15 is 0 Å². The number of piperazine rings is 1. The molecule has 1 aliphatic heterocycles. The molecular formula is C7H11N3O3. The summed E-state index contributed by atoms with van der Waals surface area (Å²) in [7, 11) is 0. The van der Waals surface area contributed by atoms with Crippen LogP contribution in [0, 0.1) is 0 Å². The molecule has 13 heavy (non-hydrogen) atoms. The highest BCUT2D eigenvalue weighted by Crippen LogP contribution is 1.90. The van der Waals surface area contributed by atoms with Crippen molar-refractivity contribution in [2.75, 3.05) is 13.1 Å². The molecule has 1 saturated heterocycles. The van der Waals surface area contributed by atoms with Gasteiger partial charge in [0.05, 0.1) is 6.54 Å². The van der Waals surface area contributed by atoms with Gasteiger partial charge in [-0.2, -0.15) is 0 Å². The van der Waals surface area contributed by atoms with Crippen LogP contribution in [0.25, 0.3) is 0 Å². The number of carbonyl (C=O) groups excluding carboxylic acids is 3. The molecule has 0 aromatic heterocycles. The molecule has 0 aliphatic carbocycles. The molecule has 1 heterocycles. The Bertz CT molecular complexity index is 251. The van der Waals surface area contributed by atoms with E-state index in [9.17, 15) is 14.4 Å². The zero-order valence-corrected chi connectivity index (χ0v) is 7.22. The molecule has 1 unspecified atom stereocenters. The summed E-state index contributed by atoms with van der Waals surface area (Å²) in [5, 5.41) is 7.05. The van der Waals surface area contributed by atoms with Crippen LogP contribution in [0.1, 0.15) is 6.92 Å². The van der Waals surface area contributed by atoms with Crippen LogP contribution in [0.5, 0.6) is 0 Å². The average molecular weight is 185 g/mol. The van der Waals surface area contributed by atoms with E-state index in [0.717, 1.165) is 0 Å². The molecular weight excluding hydrogens is 174 g/mol. The Balaban J connectivity index is 2.60. The van der Waals surface area contributed by atoms with Crippen molar-refractivity contribution in [2.24, 2.45) is 0 Å². The van der Waals surface area contributed by atoms with Crippen molar-refractivity contribution in [1.29, 1.82) is 0 Å². The molecule has 72 valence electrons. The molecule has 6 heteroatoms. The number of hydrogen-bond acceptors (Lipinski definition) is 3. The second kappa shape index (κ2) is 3.88. The number of hydrogen-bond donors (Lipinski definition) is 3. The van der Waals surface area contributed by atoms with Gasteiger partial charge in [0.25, 0.3) is 11.8 Å². The van der Waals surface area contributed by atoms with Crippen LogP contribution in [0.4, 0.5) is 0 Å². The zero-order valence-electron chi connectivity index (χ0n) is 7.22. The summed E-state index contributed by atoms with van der Waals surface area (Å²) in [5.41, 5.74) is 0. The largest absolute Gasteiger partial charge is 0.354 e. The van der Waals surface area contributed by atoms with Crippen LogP contribution < -0.4 is 16.0 Å². The quantitative estimate of drug-likeness (QED) is 0.424. The smallest absolute Gasteiger partial charge is 0.252 e. The SMILES string of the molecule is CCNC(=O)C1NC(=O)CNC1=O. The number of nitrogens with one attached hydrogen (secondary N) is 3. The molecule has 0 aromatic carbocycles. The summed E-state index contributed by atoms with van der Waals surface area (Å²) in [6.07, 6.45) is 0. The summed E-state index contributed by atoms with van der Waals surface area (Å²) in [5.74, 6) is -1.30. The normalized spacial score (nSPS) is 21.8. The summed E-state index contributed by atoms with van der Waals surface area (Å²) in [6.45, 7) is 2.10. The van der Waals surface area contributed by atoms with Gasteiger partial charge in [0.15, 0.2) is 6.04 Å². The molecule has 0 spiro atoms. The van der Waals surface area contributed by atoms with E-state index in [1.807, 2.05) is 0 Å².